The molecular formula is C21H23N3. The van der Waals surface area contributed by atoms with Gasteiger partial charge in [0.1, 0.15) is 5.69 Å². The van der Waals surface area contributed by atoms with Gasteiger partial charge in [0.15, 0.2) is 0 Å². The van der Waals surface area contributed by atoms with Crippen LogP contribution in [0.5, 0.6) is 0 Å². The summed E-state index contributed by atoms with van der Waals surface area (Å²) in [5, 5.41) is 9.02. The number of hydrogen-bond donors (Lipinski definition) is 0. The van der Waals surface area contributed by atoms with Gasteiger partial charge in [0.25, 0.3) is 0 Å². The molecule has 1 fully saturated rings. The van der Waals surface area contributed by atoms with E-state index in [0.29, 0.717) is 17.8 Å². The molecule has 122 valence electrons. The van der Waals surface area contributed by atoms with E-state index in [1.807, 2.05) is 16.8 Å². The van der Waals surface area contributed by atoms with E-state index >= 15 is 0 Å². The van der Waals surface area contributed by atoms with Crippen LogP contribution in [0.2, 0.25) is 0 Å². The molecule has 0 aliphatic heterocycles. The van der Waals surface area contributed by atoms with E-state index in [9.17, 15) is 0 Å². The molecule has 1 saturated carbocycles. The average molecular weight is 317 g/mol. The van der Waals surface area contributed by atoms with Crippen molar-refractivity contribution in [3.05, 3.63) is 66.4 Å². The molecule has 3 heteroatoms. The minimum Gasteiger partial charge on any atom is -0.242 e. The van der Waals surface area contributed by atoms with E-state index in [0.717, 1.165) is 17.0 Å². The van der Waals surface area contributed by atoms with Crippen molar-refractivity contribution in [2.75, 3.05) is 0 Å². The molecule has 3 atom stereocenters. The lowest BCUT2D eigenvalue weighted by Gasteiger charge is -2.18. The first-order valence-corrected chi connectivity index (χ1v) is 8.64. The van der Waals surface area contributed by atoms with Gasteiger partial charge in [0, 0.05) is 17.2 Å². The van der Waals surface area contributed by atoms with E-state index in [1.54, 1.807) is 0 Å². The summed E-state index contributed by atoms with van der Waals surface area (Å²) in [6.45, 7) is 14.8. The van der Waals surface area contributed by atoms with E-state index in [2.05, 4.69) is 68.5 Å². The number of allylic oxidation sites excluding steroid dienone is 4. The molecule has 0 N–H and O–H groups in total. The largest absolute Gasteiger partial charge is 0.242 e. The Morgan fingerprint density at radius 2 is 1.88 bits per heavy atom. The lowest BCUT2D eigenvalue weighted by atomic mass is 9.89. The highest BCUT2D eigenvalue weighted by Crippen LogP contribution is 2.61. The van der Waals surface area contributed by atoms with Crippen LogP contribution in [0.4, 0.5) is 0 Å². The Hall–Kier alpha value is -2.42. The second kappa shape index (κ2) is 5.30. The summed E-state index contributed by atoms with van der Waals surface area (Å²) in [5.74, 6) is 1.64. The van der Waals surface area contributed by atoms with Gasteiger partial charge in [0.2, 0.25) is 0 Å². The summed E-state index contributed by atoms with van der Waals surface area (Å²) < 4.78 is 2.01. The quantitative estimate of drug-likeness (QED) is 0.796. The molecule has 0 bridgehead atoms. The first kappa shape index (κ1) is 15.1. The predicted octanol–water partition coefficient (Wildman–Crippen LogP) is 5.01. The molecular weight excluding hydrogens is 294 g/mol. The summed E-state index contributed by atoms with van der Waals surface area (Å²) in [6, 6.07) is 8.87. The lowest BCUT2D eigenvalue weighted by molar-refractivity contribution is 0.509. The molecule has 0 amide bonds. The van der Waals surface area contributed by atoms with Crippen LogP contribution in [0, 0.1) is 11.8 Å². The van der Waals surface area contributed by atoms with E-state index in [-0.39, 0.29) is 6.04 Å². The van der Waals surface area contributed by atoms with Crippen LogP contribution in [0.3, 0.4) is 0 Å². The maximum absolute atomic E-state index is 4.56. The van der Waals surface area contributed by atoms with Crippen molar-refractivity contribution >= 4 is 5.57 Å². The minimum absolute atomic E-state index is 0.237. The second-order valence-electron chi connectivity index (χ2n) is 7.10. The van der Waals surface area contributed by atoms with Crippen LogP contribution >= 0.6 is 0 Å². The molecule has 2 aromatic rings. The first-order valence-electron chi connectivity index (χ1n) is 8.64. The van der Waals surface area contributed by atoms with Crippen molar-refractivity contribution < 1.29 is 0 Å². The maximum atomic E-state index is 4.56. The molecule has 1 heterocycles. The Balaban J connectivity index is 2.11. The molecule has 24 heavy (non-hydrogen) atoms. The van der Waals surface area contributed by atoms with Crippen LogP contribution in [-0.4, -0.2) is 15.0 Å². The summed E-state index contributed by atoms with van der Waals surface area (Å²) in [5.41, 5.74) is 7.04. The average Bonchev–Trinajstić information content (AvgIpc) is 3.03. The fourth-order valence-corrected chi connectivity index (χ4v) is 4.28. The lowest BCUT2D eigenvalue weighted by Crippen LogP contribution is -2.09. The fourth-order valence-electron chi connectivity index (χ4n) is 4.28. The molecule has 3 nitrogen and oxygen atoms in total. The van der Waals surface area contributed by atoms with Gasteiger partial charge in [-0.1, -0.05) is 61.7 Å². The predicted molar refractivity (Wildman–Crippen MR) is 98.6 cm³/mol. The van der Waals surface area contributed by atoms with Crippen molar-refractivity contribution in [2.45, 2.75) is 32.7 Å². The van der Waals surface area contributed by atoms with E-state index in [4.69, 9.17) is 0 Å². The number of benzene rings is 1. The van der Waals surface area contributed by atoms with E-state index in [1.165, 1.54) is 16.7 Å². The highest BCUT2D eigenvalue weighted by molar-refractivity contribution is 5.87. The Morgan fingerprint density at radius 1 is 1.12 bits per heavy atom. The van der Waals surface area contributed by atoms with Crippen molar-refractivity contribution in [3.8, 4) is 11.3 Å². The number of aromatic nitrogens is 3. The molecule has 2 aliphatic carbocycles. The zero-order valence-electron chi connectivity index (χ0n) is 14.5. The molecule has 2 aliphatic rings. The monoisotopic (exact) mass is 317 g/mol. The third-order valence-electron chi connectivity index (χ3n) is 5.49. The number of fused-ring (bicyclic) bond motifs is 5. The molecule has 1 aromatic heterocycles. The van der Waals surface area contributed by atoms with Gasteiger partial charge in [-0.05, 0) is 42.7 Å². The van der Waals surface area contributed by atoms with Crippen molar-refractivity contribution in [3.63, 3.8) is 0 Å². The Morgan fingerprint density at radius 3 is 2.54 bits per heavy atom. The smallest absolute Gasteiger partial charge is 0.121 e. The van der Waals surface area contributed by atoms with Crippen LogP contribution in [0.15, 0.2) is 55.1 Å². The van der Waals surface area contributed by atoms with Crippen molar-refractivity contribution in [2.24, 2.45) is 11.8 Å². The van der Waals surface area contributed by atoms with Gasteiger partial charge in [0.05, 0.1) is 5.69 Å². The number of rotatable bonds is 3. The SMILES string of the molecule is C=C/C1=C(\C=C)C2C(C)C2c2ccccc2-c2nnn(C(C)C)c21. The van der Waals surface area contributed by atoms with Crippen LogP contribution in [-0.2, 0) is 0 Å². The summed E-state index contributed by atoms with van der Waals surface area (Å²) in [6.07, 6.45) is 3.96. The Labute approximate surface area is 143 Å². The summed E-state index contributed by atoms with van der Waals surface area (Å²) in [7, 11) is 0. The highest BCUT2D eigenvalue weighted by Gasteiger charge is 2.51. The summed E-state index contributed by atoms with van der Waals surface area (Å²) >= 11 is 0. The Bertz CT molecular complexity index is 869. The normalized spacial score (nSPS) is 27.6. The molecule has 0 radical (unpaired) electrons. The number of nitrogens with zero attached hydrogens (tertiary/aromatic N) is 3. The number of hydrogen-bond acceptors (Lipinski definition) is 2. The standard InChI is InChI=1S/C21H23N3/c1-6-14-15(7-2)21-20(22-23-24(21)12(3)4)17-11-9-8-10-16(17)19-13(5)18(14)19/h6-13,18-19H,1-2H2,3-5H3/b15-14-. The van der Waals surface area contributed by atoms with Crippen LogP contribution in [0.1, 0.15) is 44.0 Å². The van der Waals surface area contributed by atoms with Crippen molar-refractivity contribution in [1.29, 1.82) is 0 Å². The Kier molecular flexibility index (Phi) is 3.34. The van der Waals surface area contributed by atoms with Gasteiger partial charge in [-0.15, -0.1) is 5.10 Å². The maximum Gasteiger partial charge on any atom is 0.121 e. The minimum atomic E-state index is 0.237. The third kappa shape index (κ3) is 1.90. The first-order chi connectivity index (χ1) is 11.6. The van der Waals surface area contributed by atoms with Gasteiger partial charge in [-0.25, -0.2) is 4.68 Å². The van der Waals surface area contributed by atoms with Crippen LogP contribution < -0.4 is 0 Å². The summed E-state index contributed by atoms with van der Waals surface area (Å²) in [4.78, 5) is 0. The van der Waals surface area contributed by atoms with Gasteiger partial charge >= 0.3 is 0 Å². The molecule has 4 rings (SSSR count). The molecule has 3 unspecified atom stereocenters. The van der Waals surface area contributed by atoms with Gasteiger partial charge in [-0.3, -0.25) is 0 Å². The zero-order valence-corrected chi connectivity index (χ0v) is 14.5. The van der Waals surface area contributed by atoms with Crippen molar-refractivity contribution in [1.82, 2.24) is 15.0 Å². The van der Waals surface area contributed by atoms with Crippen LogP contribution in [0.25, 0.3) is 16.8 Å². The third-order valence-corrected chi connectivity index (χ3v) is 5.49. The highest BCUT2D eigenvalue weighted by atomic mass is 15.4. The molecule has 1 aromatic carbocycles. The molecule has 0 spiro atoms. The van der Waals surface area contributed by atoms with Gasteiger partial charge in [-0.2, -0.15) is 0 Å². The van der Waals surface area contributed by atoms with Gasteiger partial charge < -0.3 is 0 Å². The zero-order chi connectivity index (χ0) is 17.0. The van der Waals surface area contributed by atoms with E-state index < -0.39 is 0 Å². The topological polar surface area (TPSA) is 30.7 Å². The second-order valence-corrected chi connectivity index (χ2v) is 7.10. The fraction of sp³-hybridized carbons (Fsp3) is 0.333. The molecule has 0 saturated heterocycles.